The van der Waals surface area contributed by atoms with Gasteiger partial charge in [0.25, 0.3) is 0 Å². The van der Waals surface area contributed by atoms with E-state index in [4.69, 9.17) is 0 Å². The second-order valence-electron chi connectivity index (χ2n) is 5.63. The topological polar surface area (TPSA) is 64.6 Å². The van der Waals surface area contributed by atoms with Crippen LogP contribution in [0.15, 0.2) is 24.3 Å². The van der Waals surface area contributed by atoms with Gasteiger partial charge in [0.1, 0.15) is 5.82 Å². The van der Waals surface area contributed by atoms with Crippen molar-refractivity contribution in [1.29, 1.82) is 0 Å². The summed E-state index contributed by atoms with van der Waals surface area (Å²) in [4.78, 5) is 14.0. The number of hydrogen-bond donors (Lipinski definition) is 3. The Labute approximate surface area is 124 Å². The molecule has 1 fully saturated rings. The lowest BCUT2D eigenvalue weighted by molar-refractivity contribution is -0.123. The van der Waals surface area contributed by atoms with Gasteiger partial charge in [0, 0.05) is 13.1 Å². The SMILES string of the molecule is CN(C)C(CNC(=O)C1CC(O)CN1)c1cccc(F)c1. The molecule has 0 spiro atoms. The highest BCUT2D eigenvalue weighted by Crippen LogP contribution is 2.18. The van der Waals surface area contributed by atoms with Gasteiger partial charge in [-0.1, -0.05) is 12.1 Å². The zero-order valence-electron chi connectivity index (χ0n) is 12.3. The average Bonchev–Trinajstić information content (AvgIpc) is 2.85. The van der Waals surface area contributed by atoms with Crippen molar-refractivity contribution in [3.63, 3.8) is 0 Å². The fourth-order valence-corrected chi connectivity index (χ4v) is 2.55. The fraction of sp³-hybridized carbons (Fsp3) is 0.533. The number of benzene rings is 1. The monoisotopic (exact) mass is 295 g/mol. The van der Waals surface area contributed by atoms with Crippen molar-refractivity contribution in [3.05, 3.63) is 35.6 Å². The van der Waals surface area contributed by atoms with Crippen LogP contribution in [0.4, 0.5) is 4.39 Å². The minimum Gasteiger partial charge on any atom is -0.392 e. The van der Waals surface area contributed by atoms with E-state index in [-0.39, 0.29) is 23.8 Å². The third kappa shape index (κ3) is 4.23. The predicted octanol–water partition coefficient (Wildman–Crippen LogP) is 0.267. The summed E-state index contributed by atoms with van der Waals surface area (Å²) in [7, 11) is 3.78. The lowest BCUT2D eigenvalue weighted by Gasteiger charge is -2.25. The molecular formula is C15H22FN3O2. The Morgan fingerprint density at radius 2 is 2.33 bits per heavy atom. The van der Waals surface area contributed by atoms with Crippen LogP contribution in [0.1, 0.15) is 18.0 Å². The largest absolute Gasteiger partial charge is 0.392 e. The molecule has 21 heavy (non-hydrogen) atoms. The number of halogens is 1. The van der Waals surface area contributed by atoms with Crippen molar-refractivity contribution >= 4 is 5.91 Å². The normalized spacial score (nSPS) is 23.3. The van der Waals surface area contributed by atoms with E-state index in [0.717, 1.165) is 5.56 Å². The number of nitrogens with zero attached hydrogens (tertiary/aromatic N) is 1. The molecule has 1 aromatic rings. The number of rotatable bonds is 5. The molecular weight excluding hydrogens is 273 g/mol. The molecule has 3 N–H and O–H groups in total. The van der Waals surface area contributed by atoms with Crippen molar-refractivity contribution in [2.24, 2.45) is 0 Å². The van der Waals surface area contributed by atoms with E-state index in [0.29, 0.717) is 19.5 Å². The van der Waals surface area contributed by atoms with Crippen LogP contribution >= 0.6 is 0 Å². The second-order valence-corrected chi connectivity index (χ2v) is 5.63. The van der Waals surface area contributed by atoms with Crippen molar-refractivity contribution < 1.29 is 14.3 Å². The number of nitrogens with one attached hydrogen (secondary N) is 2. The van der Waals surface area contributed by atoms with Crippen LogP contribution in [0.5, 0.6) is 0 Å². The van der Waals surface area contributed by atoms with Gasteiger partial charge in [0.2, 0.25) is 5.91 Å². The number of β-amino-alcohol motifs (C(OH)–C–C–N with tert-alkyl or cyclic N) is 1. The molecule has 0 aromatic heterocycles. The molecule has 116 valence electrons. The molecule has 0 saturated carbocycles. The molecule has 1 aromatic carbocycles. The number of amides is 1. The first-order chi connectivity index (χ1) is 9.97. The molecule has 0 aliphatic carbocycles. The van der Waals surface area contributed by atoms with Crippen LogP contribution in [0, 0.1) is 5.82 Å². The van der Waals surface area contributed by atoms with Crippen LogP contribution in [0.2, 0.25) is 0 Å². The summed E-state index contributed by atoms with van der Waals surface area (Å²) in [5.41, 5.74) is 0.819. The molecule has 1 aliphatic rings. The Kier molecular flexibility index (Phi) is 5.27. The minimum absolute atomic E-state index is 0.101. The predicted molar refractivity (Wildman–Crippen MR) is 78.3 cm³/mol. The Morgan fingerprint density at radius 1 is 1.57 bits per heavy atom. The summed E-state index contributed by atoms with van der Waals surface area (Å²) < 4.78 is 13.3. The van der Waals surface area contributed by atoms with Crippen LogP contribution in [-0.2, 0) is 4.79 Å². The van der Waals surface area contributed by atoms with Gasteiger partial charge >= 0.3 is 0 Å². The molecule has 6 heteroatoms. The van der Waals surface area contributed by atoms with E-state index >= 15 is 0 Å². The highest BCUT2D eigenvalue weighted by Gasteiger charge is 2.28. The van der Waals surface area contributed by atoms with Crippen molar-refractivity contribution in [1.82, 2.24) is 15.5 Å². The van der Waals surface area contributed by atoms with Crippen LogP contribution in [0.3, 0.4) is 0 Å². The number of aliphatic hydroxyl groups is 1. The van der Waals surface area contributed by atoms with Crippen LogP contribution in [0.25, 0.3) is 0 Å². The van der Waals surface area contributed by atoms with Gasteiger partial charge in [0.15, 0.2) is 0 Å². The average molecular weight is 295 g/mol. The molecule has 1 aliphatic heterocycles. The second kappa shape index (κ2) is 6.98. The summed E-state index contributed by atoms with van der Waals surface area (Å²) in [6.45, 7) is 0.836. The van der Waals surface area contributed by atoms with Crippen molar-refractivity contribution in [2.45, 2.75) is 24.6 Å². The van der Waals surface area contributed by atoms with Crippen molar-refractivity contribution in [2.75, 3.05) is 27.2 Å². The van der Waals surface area contributed by atoms with Gasteiger partial charge in [-0.2, -0.15) is 0 Å². The first-order valence-corrected chi connectivity index (χ1v) is 7.08. The summed E-state index contributed by atoms with van der Waals surface area (Å²) >= 11 is 0. The summed E-state index contributed by atoms with van der Waals surface area (Å²) in [6.07, 6.45) is -0.0352. The molecule has 5 nitrogen and oxygen atoms in total. The van der Waals surface area contributed by atoms with E-state index < -0.39 is 6.10 Å². The molecule has 1 saturated heterocycles. The molecule has 1 heterocycles. The van der Waals surface area contributed by atoms with E-state index in [1.54, 1.807) is 6.07 Å². The van der Waals surface area contributed by atoms with E-state index in [1.807, 2.05) is 25.1 Å². The molecule has 2 rings (SSSR count). The molecule has 0 bridgehead atoms. The Bertz CT molecular complexity index is 496. The van der Waals surface area contributed by atoms with Gasteiger partial charge < -0.3 is 20.6 Å². The molecule has 3 atom stereocenters. The Balaban J connectivity index is 1.96. The minimum atomic E-state index is -0.464. The Morgan fingerprint density at radius 3 is 2.90 bits per heavy atom. The number of carbonyl (C=O) groups excluding carboxylic acids is 1. The highest BCUT2D eigenvalue weighted by molar-refractivity contribution is 5.82. The van der Waals surface area contributed by atoms with Crippen molar-refractivity contribution in [3.8, 4) is 0 Å². The summed E-state index contributed by atoms with van der Waals surface area (Å²) in [6, 6.07) is 5.94. The Hall–Kier alpha value is -1.50. The first-order valence-electron chi connectivity index (χ1n) is 7.08. The van der Waals surface area contributed by atoms with Crippen LogP contribution < -0.4 is 10.6 Å². The van der Waals surface area contributed by atoms with Gasteiger partial charge in [-0.3, -0.25) is 4.79 Å². The summed E-state index contributed by atoms with van der Waals surface area (Å²) in [5.74, 6) is -0.416. The summed E-state index contributed by atoms with van der Waals surface area (Å²) in [5, 5.41) is 15.3. The van der Waals surface area contributed by atoms with Gasteiger partial charge in [0.05, 0.1) is 18.2 Å². The van der Waals surface area contributed by atoms with E-state index in [2.05, 4.69) is 10.6 Å². The van der Waals surface area contributed by atoms with Gasteiger partial charge in [-0.05, 0) is 38.2 Å². The molecule has 3 unspecified atom stereocenters. The lowest BCUT2D eigenvalue weighted by atomic mass is 10.1. The van der Waals surface area contributed by atoms with Gasteiger partial charge in [-0.25, -0.2) is 4.39 Å². The lowest BCUT2D eigenvalue weighted by Crippen LogP contribution is -2.43. The number of likely N-dealkylation sites (N-methyl/N-ethyl adjacent to an activating group) is 1. The zero-order valence-corrected chi connectivity index (χ0v) is 12.3. The third-order valence-corrected chi connectivity index (χ3v) is 3.75. The third-order valence-electron chi connectivity index (χ3n) is 3.75. The highest BCUT2D eigenvalue weighted by atomic mass is 19.1. The number of carbonyl (C=O) groups is 1. The molecule has 1 amide bonds. The smallest absolute Gasteiger partial charge is 0.237 e. The number of aliphatic hydroxyl groups excluding tert-OH is 1. The zero-order chi connectivity index (χ0) is 15.4. The van der Waals surface area contributed by atoms with Gasteiger partial charge in [-0.15, -0.1) is 0 Å². The molecule has 0 radical (unpaired) electrons. The maximum absolute atomic E-state index is 13.3. The standard InChI is InChI=1S/C15H22FN3O2/c1-19(2)14(10-4-3-5-11(16)6-10)9-18-15(21)13-7-12(20)8-17-13/h3-6,12-14,17,20H,7-9H2,1-2H3,(H,18,21). The first kappa shape index (κ1) is 15.9. The van der Waals surface area contributed by atoms with E-state index in [9.17, 15) is 14.3 Å². The quantitative estimate of drug-likeness (QED) is 0.729. The van der Waals surface area contributed by atoms with E-state index in [1.165, 1.54) is 12.1 Å². The maximum Gasteiger partial charge on any atom is 0.237 e. The maximum atomic E-state index is 13.3. The van der Waals surface area contributed by atoms with Crippen LogP contribution in [-0.4, -0.2) is 55.2 Å². The fourth-order valence-electron chi connectivity index (χ4n) is 2.55. The number of hydrogen-bond acceptors (Lipinski definition) is 4.